The Balaban J connectivity index is 1.84. The second-order valence-corrected chi connectivity index (χ2v) is 6.11. The second-order valence-electron chi connectivity index (χ2n) is 5.19. The molecule has 0 aliphatic rings. The number of phenolic OH excluding ortho intramolecular Hbond substituents is 1. The zero-order valence-electron chi connectivity index (χ0n) is 13.1. The number of aromatic amines is 1. The fourth-order valence-electron chi connectivity index (χ4n) is 2.32. The molecule has 2 N–H and O–H groups in total. The number of methoxy groups -OCH3 is 1. The van der Waals surface area contributed by atoms with Gasteiger partial charge in [0.1, 0.15) is 22.0 Å². The van der Waals surface area contributed by atoms with E-state index < -0.39 is 0 Å². The Hall–Kier alpha value is -2.87. The SMILES string of the molecule is COc1ccc(C(=O)N(C)Cc2nc3ccsc3c(=O)[nH]2)c(O)c1. The van der Waals surface area contributed by atoms with Crippen molar-refractivity contribution < 1.29 is 14.6 Å². The average molecular weight is 345 g/mol. The molecule has 0 aliphatic carbocycles. The molecule has 1 aromatic carbocycles. The summed E-state index contributed by atoms with van der Waals surface area (Å²) in [7, 11) is 3.05. The fourth-order valence-corrected chi connectivity index (χ4v) is 3.04. The van der Waals surface area contributed by atoms with Crippen LogP contribution in [0, 0.1) is 0 Å². The van der Waals surface area contributed by atoms with Gasteiger partial charge in [-0.25, -0.2) is 4.98 Å². The summed E-state index contributed by atoms with van der Waals surface area (Å²) in [6.07, 6.45) is 0. The van der Waals surface area contributed by atoms with E-state index >= 15 is 0 Å². The van der Waals surface area contributed by atoms with Gasteiger partial charge in [0.05, 0.1) is 24.7 Å². The van der Waals surface area contributed by atoms with Gasteiger partial charge in [0, 0.05) is 13.1 Å². The molecule has 0 aliphatic heterocycles. The Morgan fingerprint density at radius 3 is 2.92 bits per heavy atom. The number of fused-ring (bicyclic) bond motifs is 1. The van der Waals surface area contributed by atoms with Gasteiger partial charge in [0.25, 0.3) is 11.5 Å². The van der Waals surface area contributed by atoms with Crippen molar-refractivity contribution in [2.75, 3.05) is 14.2 Å². The average Bonchev–Trinajstić information content (AvgIpc) is 3.03. The molecule has 2 heterocycles. The molecule has 1 amide bonds. The lowest BCUT2D eigenvalue weighted by molar-refractivity contribution is 0.0778. The molecule has 0 fully saturated rings. The maximum absolute atomic E-state index is 12.5. The molecule has 2 aromatic heterocycles. The van der Waals surface area contributed by atoms with Gasteiger partial charge in [0.15, 0.2) is 0 Å². The summed E-state index contributed by atoms with van der Waals surface area (Å²) in [5.74, 6) is 0.291. The fraction of sp³-hybridized carbons (Fsp3) is 0.188. The number of aromatic nitrogens is 2. The minimum Gasteiger partial charge on any atom is -0.507 e. The van der Waals surface area contributed by atoms with Crippen LogP contribution >= 0.6 is 11.3 Å². The topological polar surface area (TPSA) is 95.5 Å². The van der Waals surface area contributed by atoms with Crippen LogP contribution in [0.25, 0.3) is 10.2 Å². The lowest BCUT2D eigenvalue weighted by Gasteiger charge is -2.17. The van der Waals surface area contributed by atoms with Crippen molar-refractivity contribution in [1.29, 1.82) is 0 Å². The maximum Gasteiger partial charge on any atom is 0.268 e. The second kappa shape index (κ2) is 6.32. The van der Waals surface area contributed by atoms with Crippen LogP contribution in [-0.4, -0.2) is 40.0 Å². The molecule has 3 rings (SSSR count). The van der Waals surface area contributed by atoms with Crippen molar-refractivity contribution in [3.05, 3.63) is 51.4 Å². The number of aromatic hydroxyl groups is 1. The molecule has 3 aromatic rings. The zero-order chi connectivity index (χ0) is 17.3. The third kappa shape index (κ3) is 2.95. The zero-order valence-corrected chi connectivity index (χ0v) is 13.9. The summed E-state index contributed by atoms with van der Waals surface area (Å²) in [5, 5.41) is 11.8. The van der Waals surface area contributed by atoms with E-state index in [0.717, 1.165) is 0 Å². The molecular weight excluding hydrogens is 330 g/mol. The first kappa shape index (κ1) is 16.0. The smallest absolute Gasteiger partial charge is 0.268 e. The van der Waals surface area contributed by atoms with Gasteiger partial charge in [-0.3, -0.25) is 9.59 Å². The van der Waals surface area contributed by atoms with E-state index in [-0.39, 0.29) is 29.3 Å². The number of carbonyl (C=O) groups excluding carboxylic acids is 1. The van der Waals surface area contributed by atoms with Crippen LogP contribution in [0.1, 0.15) is 16.2 Å². The van der Waals surface area contributed by atoms with Crippen molar-refractivity contribution in [3.8, 4) is 11.5 Å². The summed E-state index contributed by atoms with van der Waals surface area (Å²) in [6.45, 7) is 0.116. The lowest BCUT2D eigenvalue weighted by Crippen LogP contribution is -2.28. The molecule has 0 bridgehead atoms. The van der Waals surface area contributed by atoms with Crippen LogP contribution in [0.3, 0.4) is 0 Å². The Morgan fingerprint density at radius 2 is 2.21 bits per heavy atom. The molecule has 0 unspecified atom stereocenters. The monoisotopic (exact) mass is 345 g/mol. The van der Waals surface area contributed by atoms with E-state index in [2.05, 4.69) is 9.97 Å². The maximum atomic E-state index is 12.5. The number of nitrogens with zero attached hydrogens (tertiary/aromatic N) is 2. The third-order valence-corrected chi connectivity index (χ3v) is 4.44. The summed E-state index contributed by atoms with van der Waals surface area (Å²) in [4.78, 5) is 32.8. The summed E-state index contributed by atoms with van der Waals surface area (Å²) >= 11 is 1.32. The molecule has 0 spiro atoms. The number of ether oxygens (including phenoxy) is 1. The number of H-pyrrole nitrogens is 1. The lowest BCUT2D eigenvalue weighted by atomic mass is 10.1. The molecule has 0 radical (unpaired) electrons. The molecule has 8 heteroatoms. The van der Waals surface area contributed by atoms with Crippen molar-refractivity contribution in [2.45, 2.75) is 6.54 Å². The molecular formula is C16H15N3O4S. The van der Waals surface area contributed by atoms with Gasteiger partial charge in [-0.1, -0.05) is 0 Å². The minimum absolute atomic E-state index is 0.116. The van der Waals surface area contributed by atoms with Crippen LogP contribution in [0.15, 0.2) is 34.4 Å². The normalized spacial score (nSPS) is 10.8. The Labute approximate surface area is 141 Å². The van der Waals surface area contributed by atoms with Gasteiger partial charge >= 0.3 is 0 Å². The van der Waals surface area contributed by atoms with Crippen LogP contribution < -0.4 is 10.3 Å². The predicted octanol–water partition coefficient (Wildman–Crippen LogP) is 1.97. The number of thiophene rings is 1. The molecule has 0 saturated heterocycles. The predicted molar refractivity (Wildman–Crippen MR) is 90.7 cm³/mol. The third-order valence-electron chi connectivity index (χ3n) is 3.53. The van der Waals surface area contributed by atoms with E-state index in [1.54, 1.807) is 24.6 Å². The Kier molecular flexibility index (Phi) is 4.22. The number of benzene rings is 1. The van der Waals surface area contributed by atoms with Crippen molar-refractivity contribution in [2.24, 2.45) is 0 Å². The largest absolute Gasteiger partial charge is 0.507 e. The minimum atomic E-state index is -0.386. The van der Waals surface area contributed by atoms with Crippen LogP contribution in [0.5, 0.6) is 11.5 Å². The molecule has 24 heavy (non-hydrogen) atoms. The van der Waals surface area contributed by atoms with Gasteiger partial charge in [-0.05, 0) is 23.6 Å². The van der Waals surface area contributed by atoms with Gasteiger partial charge in [0.2, 0.25) is 0 Å². The van der Waals surface area contributed by atoms with E-state index in [0.29, 0.717) is 21.8 Å². The van der Waals surface area contributed by atoms with Crippen LogP contribution in [0.2, 0.25) is 0 Å². The first-order chi connectivity index (χ1) is 11.5. The molecule has 0 saturated carbocycles. The van der Waals surface area contributed by atoms with E-state index in [1.807, 2.05) is 0 Å². The molecule has 0 atom stereocenters. The number of rotatable bonds is 4. The number of nitrogens with one attached hydrogen (secondary N) is 1. The van der Waals surface area contributed by atoms with E-state index in [4.69, 9.17) is 4.74 Å². The molecule has 124 valence electrons. The Morgan fingerprint density at radius 1 is 1.42 bits per heavy atom. The summed E-state index contributed by atoms with van der Waals surface area (Å²) in [5.41, 5.74) is 0.530. The number of amides is 1. The summed E-state index contributed by atoms with van der Waals surface area (Å²) < 4.78 is 5.55. The quantitative estimate of drug-likeness (QED) is 0.754. The van der Waals surface area contributed by atoms with Crippen LogP contribution in [-0.2, 0) is 6.54 Å². The van der Waals surface area contributed by atoms with Gasteiger partial charge in [-0.2, -0.15) is 0 Å². The highest BCUT2D eigenvalue weighted by Crippen LogP contribution is 2.24. The van der Waals surface area contributed by atoms with Crippen LogP contribution in [0.4, 0.5) is 0 Å². The van der Waals surface area contributed by atoms with Gasteiger partial charge < -0.3 is 19.7 Å². The van der Waals surface area contributed by atoms with E-state index in [1.165, 1.54) is 35.5 Å². The first-order valence-corrected chi connectivity index (χ1v) is 7.96. The Bertz CT molecular complexity index is 963. The highest BCUT2D eigenvalue weighted by molar-refractivity contribution is 7.17. The number of phenols is 1. The van der Waals surface area contributed by atoms with Crippen molar-refractivity contribution in [1.82, 2.24) is 14.9 Å². The highest BCUT2D eigenvalue weighted by Gasteiger charge is 2.18. The highest BCUT2D eigenvalue weighted by atomic mass is 32.1. The standard InChI is InChI=1S/C16H15N3O4S/c1-19(16(22)10-4-3-9(23-2)7-12(10)20)8-13-17-11-5-6-24-14(11)15(21)18-13/h3-7,20H,8H2,1-2H3,(H,17,18,21). The summed E-state index contributed by atoms with van der Waals surface area (Å²) in [6, 6.07) is 6.22. The number of carbonyl (C=O) groups is 1. The number of hydrogen-bond acceptors (Lipinski definition) is 6. The van der Waals surface area contributed by atoms with Gasteiger partial charge in [-0.15, -0.1) is 11.3 Å². The first-order valence-electron chi connectivity index (χ1n) is 7.08. The number of hydrogen-bond donors (Lipinski definition) is 2. The van der Waals surface area contributed by atoms with Crippen molar-refractivity contribution >= 4 is 27.5 Å². The van der Waals surface area contributed by atoms with Crippen molar-refractivity contribution in [3.63, 3.8) is 0 Å². The molecule has 7 nitrogen and oxygen atoms in total. The van der Waals surface area contributed by atoms with E-state index in [9.17, 15) is 14.7 Å².